The molecule has 0 bridgehead atoms. The summed E-state index contributed by atoms with van der Waals surface area (Å²) in [6.07, 6.45) is -0.153. The van der Waals surface area contributed by atoms with Gasteiger partial charge in [-0.15, -0.1) is 0 Å². The molecule has 0 radical (unpaired) electrons. The van der Waals surface area contributed by atoms with Crippen LogP contribution in [0.25, 0.3) is 0 Å². The number of halogens is 1. The van der Waals surface area contributed by atoms with Crippen LogP contribution in [0.1, 0.15) is 53.5 Å². The molecule has 0 aliphatic heterocycles. The van der Waals surface area contributed by atoms with E-state index in [2.05, 4.69) is 4.72 Å². The van der Waals surface area contributed by atoms with Gasteiger partial charge in [-0.2, -0.15) is 0 Å². The van der Waals surface area contributed by atoms with Gasteiger partial charge in [0.15, 0.2) is 0 Å². The molecule has 1 rings (SSSR count). The minimum absolute atomic E-state index is 0.153. The van der Waals surface area contributed by atoms with Gasteiger partial charge in [0.05, 0.1) is 20.6 Å². The number of nitrogens with one attached hydrogen (secondary N) is 1. The van der Waals surface area contributed by atoms with E-state index in [1.807, 2.05) is 0 Å². The van der Waals surface area contributed by atoms with E-state index < -0.39 is 48.1 Å². The third kappa shape index (κ3) is 3.96. The first-order valence-corrected chi connectivity index (χ1v) is 9.73. The van der Waals surface area contributed by atoms with Crippen molar-refractivity contribution in [3.8, 4) is 0 Å². The van der Waals surface area contributed by atoms with Crippen LogP contribution in [0.5, 0.6) is 0 Å². The second-order valence-electron chi connectivity index (χ2n) is 7.83. The fraction of sp³-hybridized carbons (Fsp3) is 0.588. The molecule has 2 N–H and O–H groups in total. The van der Waals surface area contributed by atoms with Crippen molar-refractivity contribution in [2.75, 3.05) is 0 Å². The van der Waals surface area contributed by atoms with Crippen molar-refractivity contribution < 1.29 is 27.6 Å². The molecule has 0 heterocycles. The van der Waals surface area contributed by atoms with E-state index in [1.54, 1.807) is 0 Å². The first-order valence-electron chi connectivity index (χ1n) is 8.25. The van der Waals surface area contributed by atoms with Gasteiger partial charge < -0.3 is 5.11 Å². The number of nitro benzene ring substituents is 1. The monoisotopic (exact) mass is 404 g/mol. The van der Waals surface area contributed by atoms with Crippen LogP contribution in [0.4, 0.5) is 10.1 Å². The highest BCUT2D eigenvalue weighted by atomic mass is 32.2. The van der Waals surface area contributed by atoms with Crippen LogP contribution >= 0.6 is 0 Å². The van der Waals surface area contributed by atoms with Gasteiger partial charge >= 0.3 is 5.97 Å². The number of nitro groups is 1. The van der Waals surface area contributed by atoms with E-state index in [0.717, 1.165) is 18.2 Å². The van der Waals surface area contributed by atoms with E-state index in [-0.39, 0.29) is 12.0 Å². The smallest absolute Gasteiger partial charge is 0.311 e. The summed E-state index contributed by atoms with van der Waals surface area (Å²) in [5.41, 5.74) is -4.64. The first-order chi connectivity index (χ1) is 12.0. The van der Waals surface area contributed by atoms with E-state index >= 15 is 0 Å². The molecule has 1 aromatic carbocycles. The molecule has 0 aromatic heterocycles. The van der Waals surface area contributed by atoms with E-state index in [4.69, 9.17) is 0 Å². The fourth-order valence-electron chi connectivity index (χ4n) is 2.74. The molecule has 1 unspecified atom stereocenters. The van der Waals surface area contributed by atoms with Gasteiger partial charge in [0.2, 0.25) is 10.0 Å². The minimum atomic E-state index is -4.13. The highest BCUT2D eigenvalue weighted by molar-refractivity contribution is 7.90. The SMILES string of the molecule is CCC(NS(=O)(=O)C(C)(C)C)(c1cc([N+](=O)[O-])ccc1F)C(C)(C)C(=O)O. The molecular weight excluding hydrogens is 379 g/mol. The molecule has 27 heavy (non-hydrogen) atoms. The molecule has 0 aliphatic carbocycles. The Bertz CT molecular complexity index is 861. The minimum Gasteiger partial charge on any atom is -0.481 e. The molecule has 10 heteroatoms. The van der Waals surface area contributed by atoms with Crippen LogP contribution in [0, 0.1) is 21.3 Å². The van der Waals surface area contributed by atoms with Crippen molar-refractivity contribution in [1.82, 2.24) is 4.72 Å². The normalized spacial score (nSPS) is 15.2. The largest absolute Gasteiger partial charge is 0.481 e. The molecule has 0 saturated carbocycles. The summed E-state index contributed by atoms with van der Waals surface area (Å²) in [7, 11) is -4.13. The predicted octanol–water partition coefficient (Wildman–Crippen LogP) is 3.17. The molecule has 8 nitrogen and oxygen atoms in total. The number of non-ortho nitro benzene ring substituents is 1. The second-order valence-corrected chi connectivity index (χ2v) is 10.3. The van der Waals surface area contributed by atoms with Crippen LogP contribution in [-0.4, -0.2) is 29.2 Å². The van der Waals surface area contributed by atoms with Gasteiger partial charge in [0, 0.05) is 17.7 Å². The summed E-state index contributed by atoms with van der Waals surface area (Å²) < 4.78 is 41.5. The van der Waals surface area contributed by atoms with Gasteiger partial charge in [-0.3, -0.25) is 14.9 Å². The van der Waals surface area contributed by atoms with Crippen molar-refractivity contribution in [2.45, 2.75) is 58.2 Å². The zero-order chi connectivity index (χ0) is 21.4. The number of hydrogen-bond acceptors (Lipinski definition) is 5. The summed E-state index contributed by atoms with van der Waals surface area (Å²) in [5.74, 6) is -2.32. The van der Waals surface area contributed by atoms with Crippen LogP contribution < -0.4 is 4.72 Å². The van der Waals surface area contributed by atoms with Gasteiger partial charge in [-0.25, -0.2) is 17.5 Å². The number of hydrogen-bond donors (Lipinski definition) is 2. The van der Waals surface area contributed by atoms with Crippen molar-refractivity contribution >= 4 is 21.7 Å². The predicted molar refractivity (Wildman–Crippen MR) is 98.2 cm³/mol. The van der Waals surface area contributed by atoms with Crippen molar-refractivity contribution in [3.05, 3.63) is 39.7 Å². The maximum absolute atomic E-state index is 14.7. The zero-order valence-corrected chi connectivity index (χ0v) is 17.0. The average Bonchev–Trinajstić information content (AvgIpc) is 2.51. The van der Waals surface area contributed by atoms with Crippen molar-refractivity contribution in [1.29, 1.82) is 0 Å². The van der Waals surface area contributed by atoms with Crippen LogP contribution in [-0.2, 0) is 20.4 Å². The zero-order valence-electron chi connectivity index (χ0n) is 16.2. The van der Waals surface area contributed by atoms with Crippen molar-refractivity contribution in [3.63, 3.8) is 0 Å². The van der Waals surface area contributed by atoms with Gasteiger partial charge in [-0.05, 0) is 47.1 Å². The van der Waals surface area contributed by atoms with E-state index in [1.165, 1.54) is 41.5 Å². The lowest BCUT2D eigenvalue weighted by atomic mass is 9.67. The summed E-state index contributed by atoms with van der Waals surface area (Å²) in [6, 6.07) is 2.65. The van der Waals surface area contributed by atoms with Crippen LogP contribution in [0.3, 0.4) is 0 Å². The van der Waals surface area contributed by atoms with Crippen molar-refractivity contribution in [2.24, 2.45) is 5.41 Å². The Balaban J connectivity index is 3.94. The molecule has 0 aliphatic rings. The topological polar surface area (TPSA) is 127 Å². The summed E-state index contributed by atoms with van der Waals surface area (Å²) >= 11 is 0. The molecule has 0 saturated heterocycles. The summed E-state index contributed by atoms with van der Waals surface area (Å²) in [6.45, 7) is 8.23. The summed E-state index contributed by atoms with van der Waals surface area (Å²) in [5, 5.41) is 20.9. The molecular formula is C17H25FN2O6S. The molecule has 1 aromatic rings. The third-order valence-corrected chi connectivity index (χ3v) is 7.10. The van der Waals surface area contributed by atoms with Gasteiger partial charge in [-0.1, -0.05) is 6.92 Å². The maximum atomic E-state index is 14.7. The number of rotatable bonds is 7. The van der Waals surface area contributed by atoms with Gasteiger partial charge in [0.1, 0.15) is 5.82 Å². The summed E-state index contributed by atoms with van der Waals surface area (Å²) in [4.78, 5) is 22.4. The number of carbonyl (C=O) groups is 1. The number of carboxylic acids is 1. The third-order valence-electron chi connectivity index (χ3n) is 4.87. The number of aliphatic carboxylic acids is 1. The number of carboxylic acid groups (broad SMARTS) is 1. The van der Waals surface area contributed by atoms with Gasteiger partial charge in [0.25, 0.3) is 5.69 Å². The average molecular weight is 404 g/mol. The highest BCUT2D eigenvalue weighted by Gasteiger charge is 2.55. The fourth-order valence-corrected chi connectivity index (χ4v) is 4.02. The lowest BCUT2D eigenvalue weighted by molar-refractivity contribution is -0.385. The van der Waals surface area contributed by atoms with Crippen LogP contribution in [0.15, 0.2) is 18.2 Å². The number of benzene rings is 1. The second kappa shape index (κ2) is 7.16. The molecule has 0 amide bonds. The standard InChI is InChI=1S/C17H25FN2O6S/c1-7-17(16(5,6)14(21)22,19-27(25,26)15(2,3)4)12-10-11(20(23)24)8-9-13(12)18/h8-10,19H,7H2,1-6H3,(H,21,22). The maximum Gasteiger partial charge on any atom is 0.311 e. The van der Waals surface area contributed by atoms with E-state index in [9.17, 15) is 32.8 Å². The Morgan fingerprint density at radius 1 is 1.26 bits per heavy atom. The van der Waals surface area contributed by atoms with Crippen LogP contribution in [0.2, 0.25) is 0 Å². The Morgan fingerprint density at radius 2 is 1.78 bits per heavy atom. The highest BCUT2D eigenvalue weighted by Crippen LogP contribution is 2.45. The Morgan fingerprint density at radius 3 is 2.15 bits per heavy atom. The quantitative estimate of drug-likeness (QED) is 0.531. The molecule has 152 valence electrons. The lowest BCUT2D eigenvalue weighted by Gasteiger charge is -2.45. The van der Waals surface area contributed by atoms with E-state index in [0.29, 0.717) is 0 Å². The molecule has 0 spiro atoms. The first kappa shape index (κ1) is 23.0. The Kier molecular flexibility index (Phi) is 6.09. The lowest BCUT2D eigenvalue weighted by Crippen LogP contribution is -2.60. The Hall–Kier alpha value is -2.07. The number of sulfonamides is 1. The number of nitrogens with zero attached hydrogens (tertiary/aromatic N) is 1. The Labute approximate surface area is 158 Å². The molecule has 0 fully saturated rings. The molecule has 1 atom stereocenters.